The minimum absolute atomic E-state index is 0.0939. The van der Waals surface area contributed by atoms with Crippen LogP contribution in [0.4, 0.5) is 0 Å². The lowest BCUT2D eigenvalue weighted by molar-refractivity contribution is 0.556. The Hall–Kier alpha value is -1.61. The molecule has 0 aliphatic carbocycles. The Kier molecular flexibility index (Phi) is 5.56. The lowest BCUT2D eigenvalue weighted by Gasteiger charge is -2.06. The summed E-state index contributed by atoms with van der Waals surface area (Å²) < 4.78 is 0. The highest BCUT2D eigenvalue weighted by atomic mass is 15.1. The van der Waals surface area contributed by atoms with Crippen molar-refractivity contribution in [2.24, 2.45) is 0 Å². The molecule has 0 aliphatic heterocycles. The molecule has 0 unspecified atom stereocenters. The first kappa shape index (κ1) is 9.39. The van der Waals surface area contributed by atoms with Crippen molar-refractivity contribution in [3.63, 3.8) is 0 Å². The highest BCUT2D eigenvalue weighted by Crippen LogP contribution is 1.71. The molecule has 0 aliphatic rings. The Bertz CT molecular complexity index is 197. The van der Waals surface area contributed by atoms with Crippen molar-refractivity contribution in [2.45, 2.75) is 6.17 Å². The minimum atomic E-state index is -0.616. The van der Waals surface area contributed by atoms with Crippen LogP contribution in [0.5, 0.6) is 0 Å². The number of nitrogens with one attached hydrogen (secondary N) is 2. The smallest absolute Gasteiger partial charge is 0.149 e. The van der Waals surface area contributed by atoms with Crippen molar-refractivity contribution in [3.8, 4) is 18.2 Å². The van der Waals surface area contributed by atoms with Gasteiger partial charge in [-0.05, 0) is 0 Å². The van der Waals surface area contributed by atoms with E-state index in [4.69, 9.17) is 15.8 Å². The molecular weight excluding hydrogens is 142 g/mol. The van der Waals surface area contributed by atoms with Gasteiger partial charge in [0.05, 0.1) is 31.3 Å². The quantitative estimate of drug-likeness (QED) is 0.397. The van der Waals surface area contributed by atoms with E-state index in [0.717, 1.165) is 0 Å². The van der Waals surface area contributed by atoms with Gasteiger partial charge in [-0.15, -0.1) is 0 Å². The third-order valence-electron chi connectivity index (χ3n) is 0.900. The minimum Gasteiger partial charge on any atom is -0.277 e. The summed E-state index contributed by atoms with van der Waals surface area (Å²) in [6, 6.07) is 5.49. The van der Waals surface area contributed by atoms with E-state index in [1.54, 1.807) is 0 Å². The Morgan fingerprint density at radius 2 is 1.45 bits per heavy atom. The zero-order chi connectivity index (χ0) is 8.53. The average molecular weight is 149 g/mol. The van der Waals surface area contributed by atoms with E-state index in [1.807, 2.05) is 18.2 Å². The van der Waals surface area contributed by atoms with Crippen LogP contribution in [-0.4, -0.2) is 19.3 Å². The summed E-state index contributed by atoms with van der Waals surface area (Å²) in [6.07, 6.45) is -0.616. The molecule has 2 N–H and O–H groups in total. The molecule has 0 aromatic rings. The van der Waals surface area contributed by atoms with Gasteiger partial charge in [0.15, 0.2) is 0 Å². The average Bonchev–Trinajstić information content (AvgIpc) is 2.05. The van der Waals surface area contributed by atoms with Gasteiger partial charge >= 0.3 is 0 Å². The highest BCUT2D eigenvalue weighted by molar-refractivity contribution is 4.92. The van der Waals surface area contributed by atoms with Crippen LogP contribution >= 0.6 is 0 Å². The maximum absolute atomic E-state index is 8.39. The summed E-state index contributed by atoms with van der Waals surface area (Å²) >= 11 is 0. The number of nitriles is 3. The van der Waals surface area contributed by atoms with Crippen LogP contribution in [0.2, 0.25) is 0 Å². The molecule has 11 heavy (non-hydrogen) atoms. The van der Waals surface area contributed by atoms with Gasteiger partial charge in [-0.3, -0.25) is 10.6 Å². The molecule has 0 bridgehead atoms. The van der Waals surface area contributed by atoms with Crippen LogP contribution in [0.1, 0.15) is 0 Å². The van der Waals surface area contributed by atoms with Crippen molar-refractivity contribution >= 4 is 0 Å². The summed E-state index contributed by atoms with van der Waals surface area (Å²) in [7, 11) is 0. The first-order chi connectivity index (χ1) is 5.35. The molecule has 0 spiro atoms. The molecule has 0 aromatic heterocycles. The molecule has 56 valence electrons. The van der Waals surface area contributed by atoms with Crippen molar-refractivity contribution in [1.29, 1.82) is 15.8 Å². The monoisotopic (exact) mass is 149 g/mol. The second-order valence-corrected chi connectivity index (χ2v) is 1.64. The standard InChI is InChI=1S/C6H7N5/c7-1-3-10-6(5-9)11-4-2-8/h6,10-11H,3-4H2. The maximum Gasteiger partial charge on any atom is 0.149 e. The molecule has 5 heteroatoms. The van der Waals surface area contributed by atoms with Crippen LogP contribution in [-0.2, 0) is 0 Å². The van der Waals surface area contributed by atoms with Gasteiger partial charge in [0, 0.05) is 0 Å². The molecule has 0 heterocycles. The van der Waals surface area contributed by atoms with Gasteiger partial charge in [0.1, 0.15) is 6.17 Å². The van der Waals surface area contributed by atoms with E-state index in [1.165, 1.54) is 0 Å². The zero-order valence-corrected chi connectivity index (χ0v) is 5.83. The number of hydrogen-bond donors (Lipinski definition) is 2. The van der Waals surface area contributed by atoms with E-state index in [9.17, 15) is 0 Å². The van der Waals surface area contributed by atoms with Gasteiger partial charge in [0.25, 0.3) is 0 Å². The fourth-order valence-corrected chi connectivity index (χ4v) is 0.459. The van der Waals surface area contributed by atoms with Crippen molar-refractivity contribution in [1.82, 2.24) is 10.6 Å². The van der Waals surface area contributed by atoms with E-state index in [0.29, 0.717) is 0 Å². The van der Waals surface area contributed by atoms with Crippen molar-refractivity contribution in [3.05, 3.63) is 0 Å². The molecule has 0 saturated carbocycles. The SMILES string of the molecule is N#CCNC(C#N)NCC#N. The number of nitrogens with zero attached hydrogens (tertiary/aromatic N) is 3. The van der Waals surface area contributed by atoms with Crippen molar-refractivity contribution < 1.29 is 0 Å². The zero-order valence-electron chi connectivity index (χ0n) is 5.83. The summed E-state index contributed by atoms with van der Waals surface area (Å²) in [5, 5.41) is 29.8. The molecule has 0 rings (SSSR count). The van der Waals surface area contributed by atoms with E-state index in [2.05, 4.69) is 10.6 Å². The fourth-order valence-electron chi connectivity index (χ4n) is 0.459. The summed E-state index contributed by atoms with van der Waals surface area (Å²) in [6.45, 7) is 0.188. The molecule has 5 nitrogen and oxygen atoms in total. The fraction of sp³-hybridized carbons (Fsp3) is 0.500. The Labute approximate surface area is 64.8 Å². The van der Waals surface area contributed by atoms with E-state index < -0.39 is 6.17 Å². The third kappa shape index (κ3) is 4.87. The maximum atomic E-state index is 8.39. The second kappa shape index (κ2) is 6.51. The Morgan fingerprint density at radius 3 is 1.73 bits per heavy atom. The molecule has 0 radical (unpaired) electrons. The number of rotatable bonds is 4. The number of hydrogen-bond acceptors (Lipinski definition) is 5. The predicted octanol–water partition coefficient (Wildman–Crippen LogP) is -0.938. The van der Waals surface area contributed by atoms with Gasteiger partial charge < -0.3 is 0 Å². The van der Waals surface area contributed by atoms with Crippen LogP contribution in [0.3, 0.4) is 0 Å². The van der Waals surface area contributed by atoms with Gasteiger partial charge in [0.2, 0.25) is 0 Å². The first-order valence-corrected chi connectivity index (χ1v) is 2.95. The largest absolute Gasteiger partial charge is 0.277 e. The van der Waals surface area contributed by atoms with E-state index in [-0.39, 0.29) is 13.1 Å². The molecule has 0 fully saturated rings. The summed E-state index contributed by atoms with van der Waals surface area (Å²) in [4.78, 5) is 0. The van der Waals surface area contributed by atoms with Crippen LogP contribution in [0.25, 0.3) is 0 Å². The van der Waals surface area contributed by atoms with E-state index >= 15 is 0 Å². The molecule has 0 aromatic carbocycles. The summed E-state index contributed by atoms with van der Waals surface area (Å²) in [5.74, 6) is 0. The Balaban J connectivity index is 3.55. The third-order valence-corrected chi connectivity index (χ3v) is 0.900. The van der Waals surface area contributed by atoms with Gasteiger partial charge in [-0.25, -0.2) is 0 Å². The molecule has 0 atom stereocenters. The molecule has 0 saturated heterocycles. The lowest BCUT2D eigenvalue weighted by atomic mass is 10.5. The second-order valence-electron chi connectivity index (χ2n) is 1.64. The highest BCUT2D eigenvalue weighted by Gasteiger charge is 2.01. The normalized spacial score (nSPS) is 8.18. The topological polar surface area (TPSA) is 95.4 Å². The first-order valence-electron chi connectivity index (χ1n) is 2.95. The lowest BCUT2D eigenvalue weighted by Crippen LogP contribution is -2.41. The van der Waals surface area contributed by atoms with Crippen LogP contribution in [0, 0.1) is 34.0 Å². The van der Waals surface area contributed by atoms with Crippen LogP contribution < -0.4 is 10.6 Å². The molecular formula is C6H7N5. The Morgan fingerprint density at radius 1 is 1.00 bits per heavy atom. The summed E-state index contributed by atoms with van der Waals surface area (Å²) in [5.41, 5.74) is 0. The molecule has 0 amide bonds. The van der Waals surface area contributed by atoms with Crippen LogP contribution in [0.15, 0.2) is 0 Å². The van der Waals surface area contributed by atoms with Gasteiger partial charge in [-0.1, -0.05) is 0 Å². The predicted molar refractivity (Wildman–Crippen MR) is 36.6 cm³/mol. The van der Waals surface area contributed by atoms with Crippen molar-refractivity contribution in [2.75, 3.05) is 13.1 Å². The van der Waals surface area contributed by atoms with Gasteiger partial charge in [-0.2, -0.15) is 15.8 Å².